The normalized spacial score (nSPS) is 9.09. The number of hydrogen-bond acceptors (Lipinski definition) is 3. The number of thiocarbonyl (C=S) groups is 1. The van der Waals surface area contributed by atoms with Gasteiger partial charge in [0.2, 0.25) is 0 Å². The highest BCUT2D eigenvalue weighted by atomic mass is 32.1. The van der Waals surface area contributed by atoms with Gasteiger partial charge in [-0.25, -0.2) is 4.98 Å². The number of rotatable bonds is 1. The van der Waals surface area contributed by atoms with Gasteiger partial charge in [0.05, 0.1) is 5.69 Å². The Labute approximate surface area is 69.6 Å². The van der Waals surface area contributed by atoms with Gasteiger partial charge in [-0.05, 0) is 24.4 Å². The smallest absolute Gasteiger partial charge is 0.169 e. The SMILES string of the molecule is NC(=S)Nc1ncccc1N. The molecule has 1 rings (SSSR count). The van der Waals surface area contributed by atoms with Crippen LogP contribution >= 0.6 is 12.2 Å². The standard InChI is InChI=1S/C6H8N4S/c7-4-2-1-3-9-5(4)10-6(8)11/h1-3H,7H2,(H3,8,9,10,11). The van der Waals surface area contributed by atoms with Gasteiger partial charge in [0.1, 0.15) is 0 Å². The van der Waals surface area contributed by atoms with Gasteiger partial charge in [-0.15, -0.1) is 0 Å². The second kappa shape index (κ2) is 3.16. The number of nitrogen functional groups attached to an aromatic ring is 1. The Morgan fingerprint density at radius 3 is 2.91 bits per heavy atom. The van der Waals surface area contributed by atoms with E-state index in [-0.39, 0.29) is 5.11 Å². The topological polar surface area (TPSA) is 77.0 Å². The van der Waals surface area contributed by atoms with Crippen LogP contribution in [0.2, 0.25) is 0 Å². The molecule has 0 aliphatic heterocycles. The van der Waals surface area contributed by atoms with Crippen LogP contribution < -0.4 is 16.8 Å². The van der Waals surface area contributed by atoms with Crippen molar-refractivity contribution in [2.24, 2.45) is 5.73 Å². The van der Waals surface area contributed by atoms with Crippen molar-refractivity contribution in [3.8, 4) is 0 Å². The lowest BCUT2D eigenvalue weighted by molar-refractivity contribution is 1.32. The highest BCUT2D eigenvalue weighted by Gasteiger charge is 1.97. The van der Waals surface area contributed by atoms with Gasteiger partial charge in [0, 0.05) is 6.20 Å². The molecule has 5 heteroatoms. The molecule has 0 saturated heterocycles. The predicted molar refractivity (Wildman–Crippen MR) is 49.1 cm³/mol. The van der Waals surface area contributed by atoms with Crippen LogP contribution in [0.5, 0.6) is 0 Å². The molecular weight excluding hydrogens is 160 g/mol. The minimum Gasteiger partial charge on any atom is -0.396 e. The van der Waals surface area contributed by atoms with E-state index in [2.05, 4.69) is 22.5 Å². The Balaban J connectivity index is 2.86. The maximum absolute atomic E-state index is 5.53. The first kappa shape index (κ1) is 7.74. The van der Waals surface area contributed by atoms with E-state index in [9.17, 15) is 0 Å². The summed E-state index contributed by atoms with van der Waals surface area (Å²) in [5.41, 5.74) is 11.3. The quantitative estimate of drug-likeness (QED) is 0.526. The summed E-state index contributed by atoms with van der Waals surface area (Å²) < 4.78 is 0. The third-order valence-corrected chi connectivity index (χ3v) is 1.18. The molecule has 4 nitrogen and oxygen atoms in total. The number of nitrogens with two attached hydrogens (primary N) is 2. The number of anilines is 2. The third kappa shape index (κ3) is 2.05. The summed E-state index contributed by atoms with van der Waals surface area (Å²) in [6.07, 6.45) is 1.61. The first-order valence-corrected chi connectivity index (χ1v) is 3.38. The van der Waals surface area contributed by atoms with Gasteiger partial charge < -0.3 is 16.8 Å². The molecule has 0 aliphatic rings. The fourth-order valence-corrected chi connectivity index (χ4v) is 0.736. The molecule has 1 aromatic heterocycles. The lowest BCUT2D eigenvalue weighted by atomic mass is 10.4. The molecule has 58 valence electrons. The summed E-state index contributed by atoms with van der Waals surface area (Å²) in [5.74, 6) is 0.500. The minimum atomic E-state index is 0.162. The van der Waals surface area contributed by atoms with Crippen molar-refractivity contribution < 1.29 is 0 Å². The summed E-state index contributed by atoms with van der Waals surface area (Å²) in [5, 5.41) is 2.81. The molecule has 0 saturated carbocycles. The number of nitrogens with one attached hydrogen (secondary N) is 1. The molecule has 0 aromatic carbocycles. The number of aromatic nitrogens is 1. The van der Waals surface area contributed by atoms with Crippen LogP contribution in [0.15, 0.2) is 18.3 Å². The second-order valence-electron chi connectivity index (χ2n) is 1.93. The van der Waals surface area contributed by atoms with E-state index in [0.717, 1.165) is 0 Å². The van der Waals surface area contributed by atoms with Crippen LogP contribution in [0.4, 0.5) is 11.5 Å². The predicted octanol–water partition coefficient (Wildman–Crippen LogP) is 0.319. The molecule has 0 atom stereocenters. The van der Waals surface area contributed by atoms with Crippen LogP contribution in [-0.2, 0) is 0 Å². The maximum Gasteiger partial charge on any atom is 0.169 e. The Morgan fingerprint density at radius 2 is 2.36 bits per heavy atom. The molecule has 11 heavy (non-hydrogen) atoms. The molecule has 0 spiro atoms. The summed E-state index contributed by atoms with van der Waals surface area (Å²) in [6, 6.07) is 3.45. The summed E-state index contributed by atoms with van der Waals surface area (Å²) in [4.78, 5) is 3.91. The first-order chi connectivity index (χ1) is 5.20. The Hall–Kier alpha value is -1.36. The first-order valence-electron chi connectivity index (χ1n) is 2.97. The van der Waals surface area contributed by atoms with Crippen LogP contribution in [0.1, 0.15) is 0 Å². The Bertz CT molecular complexity index is 273. The second-order valence-corrected chi connectivity index (χ2v) is 2.37. The van der Waals surface area contributed by atoms with Crippen molar-refractivity contribution in [3.05, 3.63) is 18.3 Å². The van der Waals surface area contributed by atoms with Crippen LogP contribution in [-0.4, -0.2) is 10.1 Å². The largest absolute Gasteiger partial charge is 0.396 e. The highest BCUT2D eigenvalue weighted by molar-refractivity contribution is 7.80. The van der Waals surface area contributed by atoms with Crippen molar-refractivity contribution >= 4 is 28.8 Å². The molecule has 0 radical (unpaired) electrons. The van der Waals surface area contributed by atoms with Gasteiger partial charge in [-0.2, -0.15) is 0 Å². The zero-order valence-electron chi connectivity index (χ0n) is 5.74. The molecule has 1 aromatic rings. The fourth-order valence-electron chi connectivity index (χ4n) is 0.639. The zero-order chi connectivity index (χ0) is 8.27. The van der Waals surface area contributed by atoms with Crippen molar-refractivity contribution in [1.29, 1.82) is 0 Å². The van der Waals surface area contributed by atoms with Gasteiger partial charge >= 0.3 is 0 Å². The summed E-state index contributed by atoms with van der Waals surface area (Å²) >= 11 is 4.61. The molecule has 0 bridgehead atoms. The van der Waals surface area contributed by atoms with E-state index in [0.29, 0.717) is 11.5 Å². The third-order valence-electron chi connectivity index (χ3n) is 1.08. The molecule has 0 unspecified atom stereocenters. The number of hydrogen-bond donors (Lipinski definition) is 3. The van der Waals surface area contributed by atoms with Crippen molar-refractivity contribution in [2.75, 3.05) is 11.1 Å². The van der Waals surface area contributed by atoms with E-state index >= 15 is 0 Å². The number of nitrogens with zero attached hydrogens (tertiary/aromatic N) is 1. The van der Waals surface area contributed by atoms with E-state index in [1.807, 2.05) is 0 Å². The average Bonchev–Trinajstić information content (AvgIpc) is 1.93. The van der Waals surface area contributed by atoms with Gasteiger partial charge in [0.25, 0.3) is 0 Å². The molecule has 0 fully saturated rings. The monoisotopic (exact) mass is 168 g/mol. The highest BCUT2D eigenvalue weighted by Crippen LogP contribution is 2.11. The van der Waals surface area contributed by atoms with Crippen molar-refractivity contribution in [2.45, 2.75) is 0 Å². The lowest BCUT2D eigenvalue weighted by Crippen LogP contribution is -2.20. The molecule has 0 aliphatic carbocycles. The summed E-state index contributed by atoms with van der Waals surface area (Å²) in [6.45, 7) is 0. The number of pyridine rings is 1. The van der Waals surface area contributed by atoms with Crippen LogP contribution in [0.3, 0.4) is 0 Å². The van der Waals surface area contributed by atoms with E-state index < -0.39 is 0 Å². The zero-order valence-corrected chi connectivity index (χ0v) is 6.56. The summed E-state index contributed by atoms with van der Waals surface area (Å²) in [7, 11) is 0. The maximum atomic E-state index is 5.53. The van der Waals surface area contributed by atoms with Gasteiger partial charge in [-0.3, -0.25) is 0 Å². The van der Waals surface area contributed by atoms with E-state index in [4.69, 9.17) is 11.5 Å². The van der Waals surface area contributed by atoms with Gasteiger partial charge in [-0.1, -0.05) is 0 Å². The molecule has 1 heterocycles. The van der Waals surface area contributed by atoms with Crippen LogP contribution in [0.25, 0.3) is 0 Å². The minimum absolute atomic E-state index is 0.162. The Morgan fingerprint density at radius 1 is 1.64 bits per heavy atom. The van der Waals surface area contributed by atoms with Gasteiger partial charge in [0.15, 0.2) is 10.9 Å². The van der Waals surface area contributed by atoms with Crippen LogP contribution in [0, 0.1) is 0 Å². The van der Waals surface area contributed by atoms with Crippen molar-refractivity contribution in [1.82, 2.24) is 4.98 Å². The molecule has 5 N–H and O–H groups in total. The van der Waals surface area contributed by atoms with E-state index in [1.165, 1.54) is 0 Å². The average molecular weight is 168 g/mol. The van der Waals surface area contributed by atoms with Crippen molar-refractivity contribution in [3.63, 3.8) is 0 Å². The molecule has 0 amide bonds. The molecular formula is C6H8N4S. The fraction of sp³-hybridized carbons (Fsp3) is 0. The lowest BCUT2D eigenvalue weighted by Gasteiger charge is -2.03. The van der Waals surface area contributed by atoms with E-state index in [1.54, 1.807) is 18.3 Å². The Kier molecular flexibility index (Phi) is 2.22.